The third-order valence-electron chi connectivity index (χ3n) is 5.59. The molecule has 2 aromatic rings. The molecule has 0 bridgehead atoms. The third kappa shape index (κ3) is 3.85. The summed E-state index contributed by atoms with van der Waals surface area (Å²) >= 11 is 0. The zero-order chi connectivity index (χ0) is 20.6. The fourth-order valence-electron chi connectivity index (χ4n) is 4.08. The van der Waals surface area contributed by atoms with Crippen LogP contribution in [0.15, 0.2) is 47.2 Å². The number of nitrogen functional groups attached to an aromatic ring is 1. The average Bonchev–Trinajstić information content (AvgIpc) is 2.67. The van der Waals surface area contributed by atoms with Gasteiger partial charge in [-0.15, -0.1) is 0 Å². The second-order valence-corrected chi connectivity index (χ2v) is 8.09. The van der Waals surface area contributed by atoms with Crippen LogP contribution in [0.3, 0.4) is 0 Å². The summed E-state index contributed by atoms with van der Waals surface area (Å²) in [7, 11) is 0. The molecule has 1 aliphatic heterocycles. The number of aliphatic imine (C=N–C) groups is 1. The number of carbonyl (C=O) groups is 1. The number of carbonyl (C=O) groups excluding carboxylic acids is 1. The number of allylic oxidation sites excluding steroid dienone is 1. The van der Waals surface area contributed by atoms with Gasteiger partial charge in [0, 0.05) is 11.6 Å². The molecule has 0 atom stereocenters. The zero-order valence-electron chi connectivity index (χ0n) is 16.7. The lowest BCUT2D eigenvalue weighted by Crippen LogP contribution is -2.41. The van der Waals surface area contributed by atoms with E-state index in [2.05, 4.69) is 34.2 Å². The molecule has 150 valence electrons. The van der Waals surface area contributed by atoms with Crippen LogP contribution in [0.4, 0.5) is 11.5 Å². The van der Waals surface area contributed by atoms with Gasteiger partial charge in [0.25, 0.3) is 0 Å². The lowest BCUT2D eigenvalue weighted by molar-refractivity contribution is -0.113. The summed E-state index contributed by atoms with van der Waals surface area (Å²) in [5.41, 5.74) is 15.3. The molecule has 1 aromatic carbocycles. The van der Waals surface area contributed by atoms with Crippen molar-refractivity contribution in [2.24, 2.45) is 10.7 Å². The Bertz CT molecular complexity index is 998. The standard InChI is InChI=1S/C22H25N5O2/c1-22(2)19(27-18-20(24)25-12-26-21(18)29-22)16-9-7-15(8-10-16)14-5-3-13(4-6-14)11-17(23)28/h7-12,14H,3-6H2,1-2H3,(H2,23,28)(H2,24,25,26). The highest BCUT2D eigenvalue weighted by Crippen LogP contribution is 2.39. The van der Waals surface area contributed by atoms with Crippen LogP contribution in [0, 0.1) is 0 Å². The minimum atomic E-state index is -0.630. The van der Waals surface area contributed by atoms with Crippen molar-refractivity contribution in [2.45, 2.75) is 51.0 Å². The van der Waals surface area contributed by atoms with E-state index >= 15 is 0 Å². The molecular weight excluding hydrogens is 366 g/mol. The zero-order valence-corrected chi connectivity index (χ0v) is 16.7. The number of primary amides is 1. The molecule has 4 N–H and O–H groups in total. The molecule has 2 aliphatic rings. The van der Waals surface area contributed by atoms with E-state index in [1.165, 1.54) is 11.9 Å². The van der Waals surface area contributed by atoms with Crippen LogP contribution >= 0.6 is 0 Å². The summed E-state index contributed by atoms with van der Waals surface area (Å²) < 4.78 is 6.05. The number of nitrogens with zero attached hydrogens (tertiary/aromatic N) is 3. The van der Waals surface area contributed by atoms with Gasteiger partial charge in [0.1, 0.15) is 11.9 Å². The van der Waals surface area contributed by atoms with Crippen molar-refractivity contribution in [3.63, 3.8) is 0 Å². The van der Waals surface area contributed by atoms with E-state index in [1.54, 1.807) is 6.08 Å². The molecule has 1 aliphatic carbocycles. The Balaban J connectivity index is 1.57. The van der Waals surface area contributed by atoms with E-state index in [0.717, 1.165) is 42.5 Å². The molecule has 4 rings (SSSR count). The molecule has 1 aromatic heterocycles. The largest absolute Gasteiger partial charge is 0.463 e. The number of hydrogen-bond acceptors (Lipinski definition) is 6. The van der Waals surface area contributed by atoms with Crippen molar-refractivity contribution < 1.29 is 9.53 Å². The molecule has 7 heteroatoms. The minimum absolute atomic E-state index is 0.307. The van der Waals surface area contributed by atoms with Gasteiger partial charge in [-0.25, -0.2) is 9.98 Å². The van der Waals surface area contributed by atoms with Gasteiger partial charge < -0.3 is 16.2 Å². The number of fused-ring (bicyclic) bond motifs is 1. The lowest BCUT2D eigenvalue weighted by atomic mass is 9.81. The molecule has 2 heterocycles. The van der Waals surface area contributed by atoms with Gasteiger partial charge in [0.2, 0.25) is 11.8 Å². The molecule has 0 spiro atoms. The number of rotatable bonds is 3. The van der Waals surface area contributed by atoms with Crippen molar-refractivity contribution in [2.75, 3.05) is 5.73 Å². The Labute approximate surface area is 169 Å². The van der Waals surface area contributed by atoms with Gasteiger partial charge in [-0.1, -0.05) is 29.8 Å². The molecule has 1 fully saturated rings. The first kappa shape index (κ1) is 19.1. The summed E-state index contributed by atoms with van der Waals surface area (Å²) in [6.07, 6.45) is 6.84. The number of nitrogens with two attached hydrogens (primary N) is 2. The van der Waals surface area contributed by atoms with Crippen molar-refractivity contribution in [3.8, 4) is 5.88 Å². The van der Waals surface area contributed by atoms with Gasteiger partial charge in [0.15, 0.2) is 11.5 Å². The smallest absolute Gasteiger partial charge is 0.246 e. The number of benzene rings is 1. The normalized spacial score (nSPS) is 20.3. The monoisotopic (exact) mass is 391 g/mol. The molecule has 1 saturated carbocycles. The number of aromatic nitrogens is 2. The summed E-state index contributed by atoms with van der Waals surface area (Å²) in [5, 5.41) is 0. The van der Waals surface area contributed by atoms with Crippen LogP contribution in [-0.4, -0.2) is 27.2 Å². The Morgan fingerprint density at radius 2 is 1.86 bits per heavy atom. The van der Waals surface area contributed by atoms with Gasteiger partial charge in [0.05, 0.1) is 5.71 Å². The number of anilines is 1. The first-order valence-electron chi connectivity index (χ1n) is 9.81. The number of amides is 1. The van der Waals surface area contributed by atoms with E-state index in [-0.39, 0.29) is 5.91 Å². The average molecular weight is 391 g/mol. The predicted octanol–water partition coefficient (Wildman–Crippen LogP) is 3.42. The second-order valence-electron chi connectivity index (χ2n) is 8.09. The lowest BCUT2D eigenvalue weighted by Gasteiger charge is -2.32. The highest BCUT2D eigenvalue weighted by atomic mass is 16.5. The van der Waals surface area contributed by atoms with Gasteiger partial charge >= 0.3 is 0 Å². The first-order chi connectivity index (χ1) is 13.8. The maximum Gasteiger partial charge on any atom is 0.246 e. The third-order valence-corrected chi connectivity index (χ3v) is 5.59. The number of ether oxygens (including phenoxy) is 1. The Hall–Kier alpha value is -3.22. The maximum atomic E-state index is 11.1. The Morgan fingerprint density at radius 3 is 2.52 bits per heavy atom. The first-order valence-corrected chi connectivity index (χ1v) is 9.81. The predicted molar refractivity (Wildman–Crippen MR) is 112 cm³/mol. The van der Waals surface area contributed by atoms with E-state index in [1.807, 2.05) is 13.8 Å². The Morgan fingerprint density at radius 1 is 1.17 bits per heavy atom. The maximum absolute atomic E-state index is 11.1. The van der Waals surface area contributed by atoms with Crippen molar-refractivity contribution >= 4 is 23.1 Å². The van der Waals surface area contributed by atoms with E-state index < -0.39 is 5.60 Å². The minimum Gasteiger partial charge on any atom is -0.463 e. The van der Waals surface area contributed by atoms with Crippen LogP contribution in [0.1, 0.15) is 56.6 Å². The Kier molecular flexibility index (Phi) is 4.82. The summed E-state index contributed by atoms with van der Waals surface area (Å²) in [6.45, 7) is 3.93. The fraction of sp³-hybridized carbons (Fsp3) is 0.364. The van der Waals surface area contributed by atoms with Crippen molar-refractivity contribution in [3.05, 3.63) is 53.4 Å². The van der Waals surface area contributed by atoms with E-state index in [4.69, 9.17) is 21.2 Å². The molecular formula is C22H25N5O2. The van der Waals surface area contributed by atoms with Crippen LogP contribution < -0.4 is 16.2 Å². The quantitative estimate of drug-likeness (QED) is 0.778. The van der Waals surface area contributed by atoms with Crippen molar-refractivity contribution in [1.82, 2.24) is 9.97 Å². The van der Waals surface area contributed by atoms with Gasteiger partial charge in [-0.05, 0) is 51.0 Å². The molecule has 29 heavy (non-hydrogen) atoms. The molecule has 0 saturated heterocycles. The summed E-state index contributed by atoms with van der Waals surface area (Å²) in [4.78, 5) is 24.0. The highest BCUT2D eigenvalue weighted by molar-refractivity contribution is 6.09. The van der Waals surface area contributed by atoms with E-state index in [9.17, 15) is 4.79 Å². The molecule has 1 amide bonds. The summed E-state index contributed by atoms with van der Waals surface area (Å²) in [5.74, 6) is 0.844. The van der Waals surface area contributed by atoms with Crippen LogP contribution in [0.2, 0.25) is 0 Å². The summed E-state index contributed by atoms with van der Waals surface area (Å²) in [6, 6.07) is 8.47. The molecule has 7 nitrogen and oxygen atoms in total. The van der Waals surface area contributed by atoms with Crippen LogP contribution in [-0.2, 0) is 4.79 Å². The van der Waals surface area contributed by atoms with Crippen LogP contribution in [0.25, 0.3) is 0 Å². The van der Waals surface area contributed by atoms with Gasteiger partial charge in [-0.2, -0.15) is 4.98 Å². The molecule has 0 unspecified atom stereocenters. The fourth-order valence-corrected chi connectivity index (χ4v) is 4.08. The number of hydrogen-bond donors (Lipinski definition) is 2. The second kappa shape index (κ2) is 7.31. The molecule has 0 radical (unpaired) electrons. The highest BCUT2D eigenvalue weighted by Gasteiger charge is 2.35. The van der Waals surface area contributed by atoms with E-state index in [0.29, 0.717) is 23.3 Å². The van der Waals surface area contributed by atoms with Crippen LogP contribution in [0.5, 0.6) is 5.88 Å². The SMILES string of the molecule is CC1(C)Oc2ncnc(N)c2N=C1c1ccc(C2CCC(=CC(N)=O)CC2)cc1. The topological polar surface area (TPSA) is 116 Å². The van der Waals surface area contributed by atoms with Gasteiger partial charge in [-0.3, -0.25) is 4.79 Å². The van der Waals surface area contributed by atoms with Crippen molar-refractivity contribution in [1.29, 1.82) is 0 Å².